The first kappa shape index (κ1) is 5.79. The van der Waals surface area contributed by atoms with Crippen molar-refractivity contribution in [3.8, 4) is 0 Å². The van der Waals surface area contributed by atoms with Gasteiger partial charge in [0, 0.05) is 6.08 Å². The van der Waals surface area contributed by atoms with E-state index in [1.807, 2.05) is 0 Å². The van der Waals surface area contributed by atoms with Crippen molar-refractivity contribution >= 4 is 5.71 Å². The van der Waals surface area contributed by atoms with E-state index in [-0.39, 0.29) is 5.76 Å². The molecule has 0 heterocycles. The zero-order valence-electron chi connectivity index (χ0n) is 4.78. The Bertz CT molecular complexity index is 221. The number of aliphatic hydroxyl groups is 1. The van der Waals surface area contributed by atoms with Crippen LogP contribution in [-0.4, -0.2) is 15.6 Å². The normalized spacial score (nSPS) is 16.9. The summed E-state index contributed by atoms with van der Waals surface area (Å²) in [7, 11) is 0. The molecule has 1 aliphatic rings. The maximum Gasteiger partial charge on any atom is 0.299 e. The van der Waals surface area contributed by atoms with Crippen LogP contribution >= 0.6 is 0 Å². The summed E-state index contributed by atoms with van der Waals surface area (Å²) in [6, 6.07) is 0. The van der Waals surface area contributed by atoms with Crippen LogP contribution in [0.5, 0.6) is 0 Å². The van der Waals surface area contributed by atoms with Crippen LogP contribution in [0.4, 0.5) is 0 Å². The molecule has 0 atom stereocenters. The van der Waals surface area contributed by atoms with E-state index in [0.29, 0.717) is 12.1 Å². The van der Waals surface area contributed by atoms with Crippen LogP contribution < -0.4 is 0 Å². The first-order valence-corrected chi connectivity index (χ1v) is 2.60. The fraction of sp³-hybridized carbons (Fsp3) is 0.167. The number of hydrogen-bond acceptors (Lipinski definition) is 1. The Morgan fingerprint density at radius 1 is 1.67 bits per heavy atom. The Morgan fingerprint density at radius 3 is 2.89 bits per heavy atom. The van der Waals surface area contributed by atoms with Crippen molar-refractivity contribution < 1.29 is 9.90 Å². The van der Waals surface area contributed by atoms with Crippen LogP contribution in [0.2, 0.25) is 0 Å². The van der Waals surface area contributed by atoms with Gasteiger partial charge in [-0.05, 0) is 6.08 Å². The maximum atomic E-state index is 8.83. The third-order valence-corrected chi connectivity index (χ3v) is 1.07. The molecular weight excluding hydrogens is 116 g/mol. The van der Waals surface area contributed by atoms with Crippen molar-refractivity contribution in [3.05, 3.63) is 29.5 Å². The maximum absolute atomic E-state index is 8.83. The van der Waals surface area contributed by atoms with Gasteiger partial charge in [-0.2, -0.15) is 4.79 Å². The average Bonchev–Trinajstić information content (AvgIpc) is 1.88. The molecule has 0 unspecified atom stereocenters. The minimum atomic E-state index is 0.227. The predicted molar refractivity (Wildman–Crippen MR) is 33.1 cm³/mol. The van der Waals surface area contributed by atoms with E-state index in [2.05, 4.69) is 4.79 Å². The van der Waals surface area contributed by atoms with Gasteiger partial charge in [-0.1, -0.05) is 6.08 Å². The zero-order valence-corrected chi connectivity index (χ0v) is 4.78. The Hall–Kier alpha value is -1.34. The lowest BCUT2D eigenvalue weighted by Gasteiger charge is -1.94. The number of rotatable bonds is 0. The zero-order chi connectivity index (χ0) is 6.69. The highest BCUT2D eigenvalue weighted by Crippen LogP contribution is 2.03. The second-order valence-electron chi connectivity index (χ2n) is 1.79. The summed E-state index contributed by atoms with van der Waals surface area (Å²) in [4.78, 5) is 2.93. The standard InChI is InChI=1S/C6H6N2O/c7-8-5-2-1-3-6(9)4-5/h1-3,9H,4H2. The second-order valence-corrected chi connectivity index (χ2v) is 1.79. The lowest BCUT2D eigenvalue weighted by molar-refractivity contribution is -0.00631. The Kier molecular flexibility index (Phi) is 1.47. The smallest absolute Gasteiger partial charge is 0.299 e. The van der Waals surface area contributed by atoms with Gasteiger partial charge in [0.15, 0.2) is 0 Å². The summed E-state index contributed by atoms with van der Waals surface area (Å²) in [6.07, 6.45) is 5.16. The van der Waals surface area contributed by atoms with Crippen molar-refractivity contribution in [3.63, 3.8) is 0 Å². The molecule has 0 aromatic rings. The molecule has 0 spiro atoms. The molecule has 0 amide bonds. The van der Waals surface area contributed by atoms with Gasteiger partial charge in [-0.25, -0.2) is 0 Å². The highest BCUT2D eigenvalue weighted by molar-refractivity contribution is 5.93. The van der Waals surface area contributed by atoms with Gasteiger partial charge in [0.1, 0.15) is 12.2 Å². The molecule has 0 aromatic heterocycles. The molecule has 3 nitrogen and oxygen atoms in total. The SMILES string of the molecule is [N-]=[N+]=C1C=CC=C(O)C1. The third kappa shape index (κ3) is 1.27. The summed E-state index contributed by atoms with van der Waals surface area (Å²) >= 11 is 0. The van der Waals surface area contributed by atoms with Crippen LogP contribution in [-0.2, 0) is 0 Å². The fourth-order valence-corrected chi connectivity index (χ4v) is 0.642. The number of nitrogens with zero attached hydrogens (tertiary/aromatic N) is 2. The van der Waals surface area contributed by atoms with Crippen molar-refractivity contribution in [2.75, 3.05) is 0 Å². The van der Waals surface area contributed by atoms with Crippen molar-refractivity contribution in [2.45, 2.75) is 6.42 Å². The largest absolute Gasteiger partial charge is 0.512 e. The molecule has 0 radical (unpaired) electrons. The van der Waals surface area contributed by atoms with Gasteiger partial charge in [-0.3, -0.25) is 0 Å². The van der Waals surface area contributed by atoms with Crippen molar-refractivity contribution in [1.82, 2.24) is 0 Å². The van der Waals surface area contributed by atoms with E-state index >= 15 is 0 Å². The van der Waals surface area contributed by atoms with E-state index < -0.39 is 0 Å². The average molecular weight is 122 g/mol. The molecule has 0 saturated heterocycles. The van der Waals surface area contributed by atoms with Gasteiger partial charge < -0.3 is 10.6 Å². The summed E-state index contributed by atoms with van der Waals surface area (Å²) in [5.74, 6) is 0.227. The van der Waals surface area contributed by atoms with Crippen LogP contribution in [0.3, 0.4) is 0 Å². The Balaban J connectivity index is 2.85. The lowest BCUT2D eigenvalue weighted by atomic mass is 10.1. The van der Waals surface area contributed by atoms with E-state index in [1.165, 1.54) is 0 Å². The molecule has 3 heteroatoms. The number of allylic oxidation sites excluding steroid dienone is 4. The minimum absolute atomic E-state index is 0.227. The predicted octanol–water partition coefficient (Wildman–Crippen LogP) is 1.06. The summed E-state index contributed by atoms with van der Waals surface area (Å²) in [5, 5.41) is 8.83. The molecule has 46 valence electrons. The third-order valence-electron chi connectivity index (χ3n) is 1.07. The quantitative estimate of drug-likeness (QED) is 0.379. The number of hydrogen-bond donors (Lipinski definition) is 1. The van der Waals surface area contributed by atoms with Gasteiger partial charge in [-0.15, -0.1) is 0 Å². The summed E-state index contributed by atoms with van der Waals surface area (Å²) in [5.41, 5.74) is 8.69. The Morgan fingerprint density at radius 2 is 2.44 bits per heavy atom. The molecule has 1 rings (SSSR count). The highest BCUT2D eigenvalue weighted by atomic mass is 16.3. The first-order valence-electron chi connectivity index (χ1n) is 2.60. The van der Waals surface area contributed by atoms with Crippen LogP contribution in [0.15, 0.2) is 24.0 Å². The minimum Gasteiger partial charge on any atom is -0.512 e. The molecular formula is C6H6N2O. The molecule has 1 N–H and O–H groups in total. The van der Waals surface area contributed by atoms with Gasteiger partial charge in [0.05, 0.1) is 0 Å². The monoisotopic (exact) mass is 122 g/mol. The Labute approximate surface area is 52.6 Å². The molecule has 0 fully saturated rings. The van der Waals surface area contributed by atoms with E-state index in [0.717, 1.165) is 0 Å². The highest BCUT2D eigenvalue weighted by Gasteiger charge is 2.08. The van der Waals surface area contributed by atoms with Crippen LogP contribution in [0, 0.1) is 0 Å². The van der Waals surface area contributed by atoms with E-state index in [4.69, 9.17) is 10.6 Å². The van der Waals surface area contributed by atoms with E-state index in [1.54, 1.807) is 18.2 Å². The first-order chi connectivity index (χ1) is 4.33. The van der Waals surface area contributed by atoms with E-state index in [9.17, 15) is 0 Å². The molecule has 0 aliphatic heterocycles. The topological polar surface area (TPSA) is 56.6 Å². The summed E-state index contributed by atoms with van der Waals surface area (Å²) in [6.45, 7) is 0. The molecule has 0 bridgehead atoms. The number of aliphatic hydroxyl groups excluding tert-OH is 1. The molecule has 0 saturated carbocycles. The van der Waals surface area contributed by atoms with Gasteiger partial charge >= 0.3 is 0 Å². The van der Waals surface area contributed by atoms with Crippen molar-refractivity contribution in [2.24, 2.45) is 0 Å². The summed E-state index contributed by atoms with van der Waals surface area (Å²) < 4.78 is 0. The van der Waals surface area contributed by atoms with Gasteiger partial charge in [0.2, 0.25) is 0 Å². The van der Waals surface area contributed by atoms with Crippen molar-refractivity contribution in [1.29, 1.82) is 0 Å². The second kappa shape index (κ2) is 2.29. The fourth-order valence-electron chi connectivity index (χ4n) is 0.642. The lowest BCUT2D eigenvalue weighted by Crippen LogP contribution is -2.00. The van der Waals surface area contributed by atoms with Crippen LogP contribution in [0.1, 0.15) is 6.42 Å². The van der Waals surface area contributed by atoms with Gasteiger partial charge in [0.25, 0.3) is 5.71 Å². The molecule has 9 heavy (non-hydrogen) atoms. The molecule has 0 aromatic carbocycles. The van der Waals surface area contributed by atoms with Crippen LogP contribution in [0.25, 0.3) is 5.53 Å². The molecule has 1 aliphatic carbocycles.